The van der Waals surface area contributed by atoms with Crippen LogP contribution in [0.15, 0.2) is 0 Å². The van der Waals surface area contributed by atoms with E-state index >= 15 is 0 Å². The molecule has 0 saturated heterocycles. The number of carbonyl (C=O) groups is 1. The molecule has 0 aliphatic rings. The fourth-order valence-corrected chi connectivity index (χ4v) is 0. The molecule has 47 valence electrons. The first-order valence-electron chi connectivity index (χ1n) is 0.928. The fraction of sp³-hybridized carbons (Fsp3) is 0.250. The molecule has 0 unspecified atom stereocenters. The van der Waals surface area contributed by atoms with E-state index < -0.39 is 5.97 Å². The average Bonchev–Trinajstić information content (AvgIpc) is 0.811. The summed E-state index contributed by atoms with van der Waals surface area (Å²) < 4.78 is 0. The summed E-state index contributed by atoms with van der Waals surface area (Å²) in [7, 11) is 0. The van der Waals surface area contributed by atoms with E-state index in [0.717, 1.165) is 6.92 Å². The molecule has 0 aliphatic heterocycles. The number of carboxylic acids is 1. The standard InChI is InChI=1S/C2H4O2.2CH3.Co/c1-2(3)4;;;/h1H3,(H,3,4);2*1H3;/q;2*-1;+2. The zero-order valence-electron chi connectivity index (χ0n) is 4.69. The van der Waals surface area contributed by atoms with Gasteiger partial charge in [0.2, 0.25) is 0 Å². The Balaban J connectivity index is -0.0000000150. The molecule has 1 N–H and O–H groups in total. The second-order valence-corrected chi connectivity index (χ2v) is 0.519. The summed E-state index contributed by atoms with van der Waals surface area (Å²) in [6.45, 7) is 1.08. The molecule has 0 aromatic carbocycles. The van der Waals surface area contributed by atoms with Crippen LogP contribution in [0.3, 0.4) is 0 Å². The minimum Gasteiger partial charge on any atom is -0.481 e. The monoisotopic (exact) mass is 149 g/mol. The van der Waals surface area contributed by atoms with Crippen molar-refractivity contribution in [3.8, 4) is 0 Å². The van der Waals surface area contributed by atoms with Crippen LogP contribution in [0.2, 0.25) is 0 Å². The van der Waals surface area contributed by atoms with Crippen molar-refractivity contribution < 1.29 is 26.7 Å². The van der Waals surface area contributed by atoms with Gasteiger partial charge < -0.3 is 20.0 Å². The molecule has 0 aliphatic carbocycles. The van der Waals surface area contributed by atoms with Gasteiger partial charge in [-0.15, -0.1) is 0 Å². The molecule has 0 rings (SSSR count). The van der Waals surface area contributed by atoms with Crippen LogP contribution in [0.1, 0.15) is 6.92 Å². The first kappa shape index (κ1) is 28.1. The molecule has 0 bridgehead atoms. The van der Waals surface area contributed by atoms with Gasteiger partial charge >= 0.3 is 16.8 Å². The minimum atomic E-state index is -0.833. The molecular weight excluding hydrogens is 139 g/mol. The van der Waals surface area contributed by atoms with Crippen molar-refractivity contribution >= 4 is 5.97 Å². The van der Waals surface area contributed by atoms with E-state index in [4.69, 9.17) is 9.90 Å². The maximum atomic E-state index is 9.00. The van der Waals surface area contributed by atoms with E-state index in [-0.39, 0.29) is 31.6 Å². The van der Waals surface area contributed by atoms with Crippen molar-refractivity contribution in [1.29, 1.82) is 0 Å². The van der Waals surface area contributed by atoms with Crippen LogP contribution in [0.4, 0.5) is 0 Å². The topological polar surface area (TPSA) is 37.3 Å². The Morgan fingerprint density at radius 3 is 1.43 bits per heavy atom. The van der Waals surface area contributed by atoms with E-state index in [1.54, 1.807) is 0 Å². The molecule has 0 amide bonds. The third-order valence-electron chi connectivity index (χ3n) is 0. The molecule has 0 heterocycles. The zero-order chi connectivity index (χ0) is 3.58. The summed E-state index contributed by atoms with van der Waals surface area (Å²) in [5.74, 6) is -0.833. The van der Waals surface area contributed by atoms with Gasteiger partial charge in [0.05, 0.1) is 0 Å². The molecule has 0 spiro atoms. The van der Waals surface area contributed by atoms with Gasteiger partial charge in [-0.1, -0.05) is 0 Å². The van der Waals surface area contributed by atoms with E-state index in [9.17, 15) is 0 Å². The Labute approximate surface area is 55.1 Å². The third kappa shape index (κ3) is 171000. The summed E-state index contributed by atoms with van der Waals surface area (Å²) in [6, 6.07) is 0. The van der Waals surface area contributed by atoms with Crippen LogP contribution in [-0.2, 0) is 21.6 Å². The van der Waals surface area contributed by atoms with Gasteiger partial charge in [0, 0.05) is 6.92 Å². The number of carboxylic acid groups (broad SMARTS) is 1. The van der Waals surface area contributed by atoms with Gasteiger partial charge in [-0.05, 0) is 0 Å². The van der Waals surface area contributed by atoms with Gasteiger partial charge in [-0.25, -0.2) is 0 Å². The van der Waals surface area contributed by atoms with E-state index in [2.05, 4.69) is 0 Å². The van der Waals surface area contributed by atoms with Gasteiger partial charge in [-0.2, -0.15) is 0 Å². The largest absolute Gasteiger partial charge is 2.00 e. The number of rotatable bonds is 0. The summed E-state index contributed by atoms with van der Waals surface area (Å²) in [5.41, 5.74) is 0. The van der Waals surface area contributed by atoms with E-state index in [1.807, 2.05) is 0 Å². The molecule has 2 nitrogen and oxygen atoms in total. The van der Waals surface area contributed by atoms with Gasteiger partial charge in [0.25, 0.3) is 5.97 Å². The molecule has 0 saturated carbocycles. The molecular formula is C4H10CoO2. The number of hydrogen-bond acceptors (Lipinski definition) is 1. The van der Waals surface area contributed by atoms with Gasteiger partial charge in [0.1, 0.15) is 0 Å². The Hall–Kier alpha value is -0.0235. The van der Waals surface area contributed by atoms with Crippen LogP contribution >= 0.6 is 0 Å². The molecule has 0 aromatic heterocycles. The van der Waals surface area contributed by atoms with Gasteiger partial charge in [0.15, 0.2) is 0 Å². The quantitative estimate of drug-likeness (QED) is 0.521. The summed E-state index contributed by atoms with van der Waals surface area (Å²) in [6.07, 6.45) is 0. The predicted octanol–water partition coefficient (Wildman–Crippen LogP) is 0.989. The second kappa shape index (κ2) is 16.7. The first-order chi connectivity index (χ1) is 1.73. The van der Waals surface area contributed by atoms with Crippen molar-refractivity contribution in [2.24, 2.45) is 0 Å². The summed E-state index contributed by atoms with van der Waals surface area (Å²) in [5, 5.41) is 7.42. The maximum absolute atomic E-state index is 9.00. The Kier molecular flexibility index (Phi) is 67.1. The maximum Gasteiger partial charge on any atom is 2.00 e. The van der Waals surface area contributed by atoms with E-state index in [1.165, 1.54) is 0 Å². The number of hydrogen-bond donors (Lipinski definition) is 1. The molecule has 0 atom stereocenters. The molecule has 1 radical (unpaired) electrons. The molecule has 0 aromatic rings. The van der Waals surface area contributed by atoms with Crippen LogP contribution in [0.5, 0.6) is 0 Å². The Bertz CT molecular complexity index is 32.7. The van der Waals surface area contributed by atoms with Crippen LogP contribution < -0.4 is 0 Å². The van der Waals surface area contributed by atoms with Crippen molar-refractivity contribution in [1.82, 2.24) is 0 Å². The number of aliphatic carboxylic acids is 1. The second-order valence-electron chi connectivity index (χ2n) is 0.519. The van der Waals surface area contributed by atoms with E-state index in [0.29, 0.717) is 0 Å². The average molecular weight is 149 g/mol. The van der Waals surface area contributed by atoms with Crippen molar-refractivity contribution in [2.45, 2.75) is 6.92 Å². The van der Waals surface area contributed by atoms with Gasteiger partial charge in [-0.3, -0.25) is 4.79 Å². The molecule has 3 heteroatoms. The molecule has 0 fully saturated rings. The Morgan fingerprint density at radius 2 is 1.43 bits per heavy atom. The van der Waals surface area contributed by atoms with Crippen molar-refractivity contribution in [2.75, 3.05) is 0 Å². The minimum absolute atomic E-state index is 0. The Morgan fingerprint density at radius 1 is 1.43 bits per heavy atom. The molecule has 7 heavy (non-hydrogen) atoms. The third-order valence-corrected chi connectivity index (χ3v) is 0. The summed E-state index contributed by atoms with van der Waals surface area (Å²) >= 11 is 0. The van der Waals surface area contributed by atoms with Crippen LogP contribution in [0, 0.1) is 14.9 Å². The normalized spacial score (nSPS) is 3.57. The summed E-state index contributed by atoms with van der Waals surface area (Å²) in [4.78, 5) is 9.00. The van der Waals surface area contributed by atoms with Crippen molar-refractivity contribution in [3.05, 3.63) is 14.9 Å². The first-order valence-corrected chi connectivity index (χ1v) is 0.928. The SMILES string of the molecule is CC(=O)O.[CH3-].[CH3-].[Co+2]. The van der Waals surface area contributed by atoms with Crippen molar-refractivity contribution in [3.63, 3.8) is 0 Å². The van der Waals surface area contributed by atoms with Crippen LogP contribution in [-0.4, -0.2) is 11.1 Å². The van der Waals surface area contributed by atoms with Crippen LogP contribution in [0.25, 0.3) is 0 Å². The fourth-order valence-electron chi connectivity index (χ4n) is 0. The zero-order valence-corrected chi connectivity index (χ0v) is 5.73. The smallest absolute Gasteiger partial charge is 0.481 e. The predicted molar refractivity (Wildman–Crippen MR) is 26.1 cm³/mol.